The standard InChI is InChI=1S/C18H20N2O2S/c1-12-4-5-13(2)17(10-12)23-18(16(21)11-20-19)14-6-8-15(22-3)9-7-14/h4-11,18H,19H2,1-3H3. The first kappa shape index (κ1) is 17.1. The van der Waals surface area contributed by atoms with Gasteiger partial charge in [-0.25, -0.2) is 0 Å². The molecule has 0 aliphatic rings. The number of hydrogen-bond donors (Lipinski definition) is 1. The Bertz CT molecular complexity index is 711. The maximum Gasteiger partial charge on any atom is 0.193 e. The molecule has 0 aromatic heterocycles. The number of nitrogens with two attached hydrogens (primary N) is 1. The molecule has 4 nitrogen and oxygen atoms in total. The van der Waals surface area contributed by atoms with Crippen molar-refractivity contribution in [1.82, 2.24) is 0 Å². The minimum absolute atomic E-state index is 0.136. The van der Waals surface area contributed by atoms with E-state index in [-0.39, 0.29) is 5.78 Å². The van der Waals surface area contributed by atoms with E-state index in [2.05, 4.69) is 23.3 Å². The van der Waals surface area contributed by atoms with Gasteiger partial charge in [-0.05, 0) is 43.2 Å². The number of ketones is 1. The number of Topliss-reactive ketones (excluding diaryl/α,β-unsaturated/α-hetero) is 1. The van der Waals surface area contributed by atoms with Crippen molar-refractivity contribution >= 4 is 23.8 Å². The Morgan fingerprint density at radius 2 is 1.91 bits per heavy atom. The molecule has 0 saturated heterocycles. The van der Waals surface area contributed by atoms with Crippen molar-refractivity contribution in [2.45, 2.75) is 24.0 Å². The average molecular weight is 328 g/mol. The lowest BCUT2D eigenvalue weighted by atomic mass is 10.1. The first-order valence-electron chi connectivity index (χ1n) is 7.20. The van der Waals surface area contributed by atoms with Gasteiger partial charge in [0.15, 0.2) is 5.78 Å². The minimum Gasteiger partial charge on any atom is -0.497 e. The predicted octanol–water partition coefficient (Wildman–Crippen LogP) is 3.66. The zero-order chi connectivity index (χ0) is 16.8. The highest BCUT2D eigenvalue weighted by Crippen LogP contribution is 2.38. The van der Waals surface area contributed by atoms with Crippen LogP contribution in [0, 0.1) is 13.8 Å². The molecule has 0 amide bonds. The molecular formula is C18H20N2O2S. The van der Waals surface area contributed by atoms with Gasteiger partial charge in [0.25, 0.3) is 0 Å². The summed E-state index contributed by atoms with van der Waals surface area (Å²) >= 11 is 1.51. The van der Waals surface area contributed by atoms with Crippen LogP contribution in [0.25, 0.3) is 0 Å². The van der Waals surface area contributed by atoms with Gasteiger partial charge in [0, 0.05) is 4.90 Å². The predicted molar refractivity (Wildman–Crippen MR) is 95.2 cm³/mol. The second-order valence-corrected chi connectivity index (χ2v) is 6.37. The van der Waals surface area contributed by atoms with E-state index in [9.17, 15) is 4.79 Å². The van der Waals surface area contributed by atoms with E-state index in [1.165, 1.54) is 18.0 Å². The van der Waals surface area contributed by atoms with E-state index in [1.807, 2.05) is 38.1 Å². The summed E-state index contributed by atoms with van der Waals surface area (Å²) in [6.07, 6.45) is 1.17. The second-order valence-electron chi connectivity index (χ2n) is 5.22. The van der Waals surface area contributed by atoms with Gasteiger partial charge >= 0.3 is 0 Å². The van der Waals surface area contributed by atoms with Crippen LogP contribution in [0.3, 0.4) is 0 Å². The Balaban J connectivity index is 2.37. The average Bonchev–Trinajstić information content (AvgIpc) is 2.56. The minimum atomic E-state index is -0.395. The third kappa shape index (κ3) is 4.36. The Morgan fingerprint density at radius 3 is 2.52 bits per heavy atom. The number of thioether (sulfide) groups is 1. The number of hydrogen-bond acceptors (Lipinski definition) is 5. The maximum absolute atomic E-state index is 12.4. The fraction of sp³-hybridized carbons (Fsp3) is 0.222. The molecule has 1 unspecified atom stereocenters. The largest absolute Gasteiger partial charge is 0.497 e. The molecule has 2 aromatic carbocycles. The van der Waals surface area contributed by atoms with Crippen LogP contribution in [0.4, 0.5) is 0 Å². The summed E-state index contributed by atoms with van der Waals surface area (Å²) < 4.78 is 5.17. The van der Waals surface area contributed by atoms with Crippen molar-refractivity contribution in [3.05, 3.63) is 59.2 Å². The van der Waals surface area contributed by atoms with Crippen molar-refractivity contribution in [3.63, 3.8) is 0 Å². The highest BCUT2D eigenvalue weighted by Gasteiger charge is 2.21. The zero-order valence-electron chi connectivity index (χ0n) is 13.4. The fourth-order valence-corrected chi connectivity index (χ4v) is 3.40. The zero-order valence-corrected chi connectivity index (χ0v) is 14.3. The Morgan fingerprint density at radius 1 is 1.22 bits per heavy atom. The molecule has 2 rings (SSSR count). The molecule has 120 valence electrons. The molecule has 0 saturated carbocycles. The lowest BCUT2D eigenvalue weighted by Gasteiger charge is -2.16. The third-order valence-corrected chi connectivity index (χ3v) is 4.90. The van der Waals surface area contributed by atoms with Gasteiger partial charge in [0.05, 0.1) is 18.6 Å². The summed E-state index contributed by atoms with van der Waals surface area (Å²) in [6, 6.07) is 13.7. The SMILES string of the molecule is COc1ccc(C(Sc2cc(C)ccc2C)C(=O)C=NN)cc1. The third-order valence-electron chi connectivity index (χ3n) is 3.47. The van der Waals surface area contributed by atoms with Gasteiger partial charge in [0.2, 0.25) is 0 Å². The van der Waals surface area contributed by atoms with Crippen LogP contribution >= 0.6 is 11.8 Å². The highest BCUT2D eigenvalue weighted by atomic mass is 32.2. The summed E-state index contributed by atoms with van der Waals surface area (Å²) in [7, 11) is 1.61. The first-order chi connectivity index (χ1) is 11.0. The first-order valence-corrected chi connectivity index (χ1v) is 8.08. The van der Waals surface area contributed by atoms with Crippen molar-refractivity contribution < 1.29 is 9.53 Å². The van der Waals surface area contributed by atoms with E-state index < -0.39 is 5.25 Å². The number of aryl methyl sites for hydroxylation is 2. The number of nitrogens with zero attached hydrogens (tertiary/aromatic N) is 1. The van der Waals surface area contributed by atoms with Crippen LogP contribution in [0.15, 0.2) is 52.5 Å². The van der Waals surface area contributed by atoms with Crippen LogP contribution in [0.1, 0.15) is 21.9 Å². The summed E-state index contributed by atoms with van der Waals surface area (Å²) in [4.78, 5) is 13.5. The molecule has 0 aliphatic carbocycles. The highest BCUT2D eigenvalue weighted by molar-refractivity contribution is 8.00. The van der Waals surface area contributed by atoms with Crippen LogP contribution in [-0.2, 0) is 4.79 Å². The number of rotatable bonds is 6. The molecular weight excluding hydrogens is 308 g/mol. The molecule has 5 heteroatoms. The number of ether oxygens (including phenoxy) is 1. The summed E-state index contributed by atoms with van der Waals surface area (Å²) in [5.74, 6) is 5.78. The van der Waals surface area contributed by atoms with Gasteiger partial charge in [-0.1, -0.05) is 29.8 Å². The van der Waals surface area contributed by atoms with E-state index in [0.29, 0.717) is 0 Å². The maximum atomic E-state index is 12.4. The van der Waals surface area contributed by atoms with Crippen LogP contribution in [-0.4, -0.2) is 19.1 Å². The van der Waals surface area contributed by atoms with Gasteiger partial charge in [0.1, 0.15) is 5.75 Å². The molecule has 0 spiro atoms. The summed E-state index contributed by atoms with van der Waals surface area (Å²) in [5, 5.41) is 2.99. The van der Waals surface area contributed by atoms with Crippen LogP contribution in [0.2, 0.25) is 0 Å². The molecule has 1 atom stereocenters. The number of carbonyl (C=O) groups excluding carboxylic acids is 1. The number of carbonyl (C=O) groups is 1. The number of methoxy groups -OCH3 is 1. The lowest BCUT2D eigenvalue weighted by molar-refractivity contribution is -0.112. The Kier molecular flexibility index (Phi) is 5.82. The smallest absolute Gasteiger partial charge is 0.193 e. The molecule has 2 N–H and O–H groups in total. The molecule has 2 aromatic rings. The molecule has 0 aliphatic heterocycles. The van der Waals surface area contributed by atoms with Crippen LogP contribution in [0.5, 0.6) is 5.75 Å². The molecule has 23 heavy (non-hydrogen) atoms. The lowest BCUT2D eigenvalue weighted by Crippen LogP contribution is -2.12. The van der Waals surface area contributed by atoms with E-state index >= 15 is 0 Å². The van der Waals surface area contributed by atoms with Gasteiger partial charge in [-0.2, -0.15) is 5.10 Å². The molecule has 0 radical (unpaired) electrons. The van der Waals surface area contributed by atoms with Crippen LogP contribution < -0.4 is 10.6 Å². The van der Waals surface area contributed by atoms with E-state index in [0.717, 1.165) is 27.3 Å². The van der Waals surface area contributed by atoms with Gasteiger partial charge in [-0.15, -0.1) is 11.8 Å². The van der Waals surface area contributed by atoms with Crippen molar-refractivity contribution in [2.24, 2.45) is 10.9 Å². The molecule has 0 heterocycles. The summed E-state index contributed by atoms with van der Waals surface area (Å²) in [6.45, 7) is 4.07. The van der Waals surface area contributed by atoms with Crippen molar-refractivity contribution in [2.75, 3.05) is 7.11 Å². The topological polar surface area (TPSA) is 64.7 Å². The van der Waals surface area contributed by atoms with E-state index in [4.69, 9.17) is 10.6 Å². The summed E-state index contributed by atoms with van der Waals surface area (Å²) in [5.41, 5.74) is 3.18. The normalized spacial score (nSPS) is 12.3. The quantitative estimate of drug-likeness (QED) is 0.380. The second kappa shape index (κ2) is 7.83. The molecule has 0 fully saturated rings. The van der Waals surface area contributed by atoms with Crippen molar-refractivity contribution in [3.8, 4) is 5.75 Å². The number of benzene rings is 2. The van der Waals surface area contributed by atoms with Crippen molar-refractivity contribution in [1.29, 1.82) is 0 Å². The monoisotopic (exact) mass is 328 g/mol. The number of hydrazone groups is 1. The fourth-order valence-electron chi connectivity index (χ4n) is 2.17. The van der Waals surface area contributed by atoms with Gasteiger partial charge in [-0.3, -0.25) is 4.79 Å². The molecule has 0 bridgehead atoms. The van der Waals surface area contributed by atoms with E-state index in [1.54, 1.807) is 7.11 Å². The Labute approximate surface area is 140 Å². The van der Waals surface area contributed by atoms with Gasteiger partial charge < -0.3 is 10.6 Å². The Hall–Kier alpha value is -2.27.